The lowest BCUT2D eigenvalue weighted by molar-refractivity contribution is -0.122. The van der Waals surface area contributed by atoms with Crippen LogP contribution in [-0.2, 0) is 16.1 Å². The number of carbonyl (C=O) groups is 2. The minimum atomic E-state index is -0.808. The maximum absolute atomic E-state index is 12.6. The van der Waals surface area contributed by atoms with Crippen LogP contribution in [0.2, 0.25) is 0 Å². The molecule has 2 amide bonds. The van der Waals surface area contributed by atoms with Crippen LogP contribution in [0.1, 0.15) is 54.0 Å². The van der Waals surface area contributed by atoms with E-state index in [0.29, 0.717) is 18.5 Å². The number of carbonyl (C=O) groups excluding carboxylic acids is 2. The lowest BCUT2D eigenvalue weighted by Crippen LogP contribution is -2.37. The maximum atomic E-state index is 12.6. The van der Waals surface area contributed by atoms with Gasteiger partial charge in [-0.25, -0.2) is 0 Å². The number of likely N-dealkylation sites (tertiary alicyclic amines) is 1. The van der Waals surface area contributed by atoms with E-state index >= 15 is 0 Å². The van der Waals surface area contributed by atoms with E-state index in [1.165, 1.54) is 24.0 Å². The highest BCUT2D eigenvalue weighted by atomic mass is 32.1. The van der Waals surface area contributed by atoms with Gasteiger partial charge < -0.3 is 20.5 Å². The van der Waals surface area contributed by atoms with Gasteiger partial charge in [0.05, 0.1) is 7.11 Å². The Hall–Kier alpha value is -3.72. The largest absolute Gasteiger partial charge is 0.497 e. The molecule has 0 radical (unpaired) electrons. The molecule has 2 fully saturated rings. The normalized spacial score (nSPS) is 18.0. The second-order valence-corrected chi connectivity index (χ2v) is 12.1. The molecule has 2 aliphatic heterocycles. The Balaban J connectivity index is 1.31. The van der Waals surface area contributed by atoms with Crippen molar-refractivity contribution < 1.29 is 19.4 Å². The fourth-order valence-corrected chi connectivity index (χ4v) is 7.14. The SMILES string of the molecule is COc1ccc2c(C(O)c3ccc(CN4CCCC4)c(C)c3)c(-c3ccc(NC(=O)C4CCC(=O)N4)cc3)sc2c1. The summed E-state index contributed by atoms with van der Waals surface area (Å²) >= 11 is 1.62. The van der Waals surface area contributed by atoms with Gasteiger partial charge in [-0.1, -0.05) is 30.3 Å². The van der Waals surface area contributed by atoms with E-state index in [2.05, 4.69) is 40.7 Å². The molecule has 212 valence electrons. The predicted molar refractivity (Wildman–Crippen MR) is 163 cm³/mol. The molecule has 0 bridgehead atoms. The highest BCUT2D eigenvalue weighted by Gasteiger charge is 2.27. The van der Waals surface area contributed by atoms with Gasteiger partial charge in [-0.3, -0.25) is 14.5 Å². The molecule has 8 heteroatoms. The molecule has 3 heterocycles. The van der Waals surface area contributed by atoms with Gasteiger partial charge in [-0.15, -0.1) is 11.3 Å². The molecule has 2 atom stereocenters. The van der Waals surface area contributed by atoms with Crippen molar-refractivity contribution in [2.75, 3.05) is 25.5 Å². The van der Waals surface area contributed by atoms with Crippen LogP contribution in [0.3, 0.4) is 0 Å². The molecule has 6 rings (SSSR count). The van der Waals surface area contributed by atoms with Gasteiger partial charge in [0.2, 0.25) is 11.8 Å². The standard InChI is InChI=1S/C33H35N3O4S/c1-20-17-22(5-6-23(20)19-36-15-3-4-16-36)31(38)30-26-12-11-25(40-2)18-28(26)41-32(30)21-7-9-24(10-8-21)34-33(39)27-13-14-29(37)35-27/h5-12,17-18,27,31,38H,3-4,13-16,19H2,1-2H3,(H,34,39)(H,35,37). The molecular formula is C33H35N3O4S. The highest BCUT2D eigenvalue weighted by Crippen LogP contribution is 2.45. The number of thiophene rings is 1. The third-order valence-corrected chi connectivity index (χ3v) is 9.43. The van der Waals surface area contributed by atoms with Crippen molar-refractivity contribution in [1.29, 1.82) is 0 Å². The first-order valence-corrected chi connectivity index (χ1v) is 15.0. The minimum absolute atomic E-state index is 0.0931. The summed E-state index contributed by atoms with van der Waals surface area (Å²) in [5.74, 6) is 0.465. The van der Waals surface area contributed by atoms with Crippen LogP contribution in [0, 0.1) is 6.92 Å². The molecule has 2 unspecified atom stereocenters. The van der Waals surface area contributed by atoms with Crippen molar-refractivity contribution in [3.05, 3.63) is 82.9 Å². The average molecular weight is 570 g/mol. The smallest absolute Gasteiger partial charge is 0.246 e. The van der Waals surface area contributed by atoms with Crippen molar-refractivity contribution in [3.8, 4) is 16.2 Å². The molecule has 0 saturated carbocycles. The van der Waals surface area contributed by atoms with E-state index in [1.54, 1.807) is 18.4 Å². The van der Waals surface area contributed by atoms with Crippen LogP contribution >= 0.6 is 11.3 Å². The van der Waals surface area contributed by atoms with Crippen LogP contribution in [0.15, 0.2) is 60.7 Å². The van der Waals surface area contributed by atoms with E-state index in [9.17, 15) is 14.7 Å². The van der Waals surface area contributed by atoms with Crippen LogP contribution < -0.4 is 15.4 Å². The van der Waals surface area contributed by atoms with E-state index < -0.39 is 12.1 Å². The number of hydrogen-bond donors (Lipinski definition) is 3. The summed E-state index contributed by atoms with van der Waals surface area (Å²) in [6.45, 7) is 5.38. The van der Waals surface area contributed by atoms with Crippen molar-refractivity contribution in [3.63, 3.8) is 0 Å². The number of hydrogen-bond acceptors (Lipinski definition) is 6. The third kappa shape index (κ3) is 5.73. The number of nitrogens with zero attached hydrogens (tertiary/aromatic N) is 1. The number of fused-ring (bicyclic) bond motifs is 1. The van der Waals surface area contributed by atoms with Gasteiger partial charge in [0, 0.05) is 33.8 Å². The lowest BCUT2D eigenvalue weighted by Gasteiger charge is -2.19. The van der Waals surface area contributed by atoms with E-state index in [4.69, 9.17) is 4.74 Å². The van der Waals surface area contributed by atoms with Crippen molar-refractivity contribution in [2.24, 2.45) is 0 Å². The molecule has 7 nitrogen and oxygen atoms in total. The van der Waals surface area contributed by atoms with Gasteiger partial charge in [-0.05, 0) is 97.2 Å². The molecule has 3 aromatic carbocycles. The average Bonchev–Trinajstić information content (AvgIpc) is 3.74. The third-order valence-electron chi connectivity index (χ3n) is 8.21. The molecule has 41 heavy (non-hydrogen) atoms. The number of methoxy groups -OCH3 is 1. The first-order valence-electron chi connectivity index (χ1n) is 14.2. The number of aliphatic hydroxyl groups is 1. The zero-order valence-corrected chi connectivity index (χ0v) is 24.2. The van der Waals surface area contributed by atoms with Crippen molar-refractivity contribution in [1.82, 2.24) is 10.2 Å². The molecule has 1 aromatic heterocycles. The minimum Gasteiger partial charge on any atom is -0.497 e. The quantitative estimate of drug-likeness (QED) is 0.250. The first-order chi connectivity index (χ1) is 19.9. The Kier molecular flexibility index (Phi) is 7.79. The monoisotopic (exact) mass is 569 g/mol. The zero-order chi connectivity index (χ0) is 28.5. The Morgan fingerprint density at radius 2 is 1.90 bits per heavy atom. The summed E-state index contributed by atoms with van der Waals surface area (Å²) < 4.78 is 6.51. The number of ether oxygens (including phenoxy) is 1. The summed E-state index contributed by atoms with van der Waals surface area (Å²) in [5, 5.41) is 18.4. The van der Waals surface area contributed by atoms with Gasteiger partial charge >= 0.3 is 0 Å². The van der Waals surface area contributed by atoms with Gasteiger partial charge in [0.1, 0.15) is 17.9 Å². The summed E-state index contributed by atoms with van der Waals surface area (Å²) in [6.07, 6.45) is 2.60. The van der Waals surface area contributed by atoms with Crippen LogP contribution in [-0.4, -0.2) is 48.1 Å². The zero-order valence-electron chi connectivity index (χ0n) is 23.4. The fraction of sp³-hybridized carbons (Fsp3) is 0.333. The number of benzene rings is 3. The maximum Gasteiger partial charge on any atom is 0.246 e. The number of rotatable bonds is 8. The molecule has 2 aliphatic rings. The van der Waals surface area contributed by atoms with Crippen LogP contribution in [0.5, 0.6) is 5.75 Å². The predicted octanol–water partition coefficient (Wildman–Crippen LogP) is 5.78. The summed E-state index contributed by atoms with van der Waals surface area (Å²) in [4.78, 5) is 27.5. The molecule has 4 aromatic rings. The topological polar surface area (TPSA) is 90.9 Å². The lowest BCUT2D eigenvalue weighted by atomic mass is 9.94. The first kappa shape index (κ1) is 27.4. The molecule has 0 spiro atoms. The van der Waals surface area contributed by atoms with Crippen LogP contribution in [0.25, 0.3) is 20.5 Å². The van der Waals surface area contributed by atoms with Crippen molar-refractivity contribution in [2.45, 2.75) is 51.3 Å². The Bertz CT molecular complexity index is 1590. The second-order valence-electron chi connectivity index (χ2n) is 11.0. The number of aliphatic hydroxyl groups excluding tert-OH is 1. The van der Waals surface area contributed by atoms with Crippen LogP contribution in [0.4, 0.5) is 5.69 Å². The summed E-state index contributed by atoms with van der Waals surface area (Å²) in [6, 6.07) is 19.5. The summed E-state index contributed by atoms with van der Waals surface area (Å²) in [5.41, 5.74) is 5.84. The Morgan fingerprint density at radius 3 is 2.59 bits per heavy atom. The molecular weight excluding hydrogens is 534 g/mol. The fourth-order valence-electron chi connectivity index (χ4n) is 5.87. The number of nitrogens with one attached hydrogen (secondary N) is 2. The molecule has 2 saturated heterocycles. The highest BCUT2D eigenvalue weighted by molar-refractivity contribution is 7.22. The van der Waals surface area contributed by atoms with E-state index in [0.717, 1.165) is 57.0 Å². The molecule has 3 N–H and O–H groups in total. The van der Waals surface area contributed by atoms with Crippen molar-refractivity contribution >= 4 is 38.9 Å². The van der Waals surface area contributed by atoms with Gasteiger partial charge in [0.15, 0.2) is 0 Å². The van der Waals surface area contributed by atoms with E-state index in [-0.39, 0.29) is 11.8 Å². The molecule has 0 aliphatic carbocycles. The second kappa shape index (κ2) is 11.6. The number of anilines is 1. The number of aryl methyl sites for hydroxylation is 1. The summed E-state index contributed by atoms with van der Waals surface area (Å²) in [7, 11) is 1.65. The van der Waals surface area contributed by atoms with E-state index in [1.807, 2.05) is 42.5 Å². The Labute approximate surface area is 244 Å². The van der Waals surface area contributed by atoms with Gasteiger partial charge in [0.25, 0.3) is 0 Å². The Morgan fingerprint density at radius 1 is 1.12 bits per heavy atom. The number of amides is 2. The van der Waals surface area contributed by atoms with Gasteiger partial charge in [-0.2, -0.15) is 0 Å².